The molecule has 0 aliphatic carbocycles. The van der Waals surface area contributed by atoms with Crippen LogP contribution in [0.5, 0.6) is 0 Å². The minimum absolute atomic E-state index is 0.0696. The van der Waals surface area contributed by atoms with Crippen LogP contribution in [-0.4, -0.2) is 9.55 Å². The molecule has 0 aliphatic rings. The number of aryl methyl sites for hydroxylation is 1. The first-order chi connectivity index (χ1) is 8.06. The number of hydrogen-bond acceptors (Lipinski definition) is 3. The van der Waals surface area contributed by atoms with E-state index in [1.165, 1.54) is 10.6 Å². The number of anilines is 1. The first-order valence-electron chi connectivity index (χ1n) is 5.13. The molecular formula is C12H12BrN3O. The van der Waals surface area contributed by atoms with Crippen molar-refractivity contribution in [3.05, 3.63) is 56.7 Å². The highest BCUT2D eigenvalue weighted by molar-refractivity contribution is 9.10. The molecule has 1 heterocycles. The van der Waals surface area contributed by atoms with Crippen LogP contribution in [0.4, 0.5) is 5.69 Å². The normalized spacial score (nSPS) is 10.5. The lowest BCUT2D eigenvalue weighted by Gasteiger charge is -2.08. The number of hydrogen-bond donors (Lipinski definition) is 1. The van der Waals surface area contributed by atoms with Crippen molar-refractivity contribution in [3.63, 3.8) is 0 Å². The van der Waals surface area contributed by atoms with Crippen molar-refractivity contribution in [3.8, 4) is 0 Å². The molecule has 17 heavy (non-hydrogen) atoms. The average Bonchev–Trinajstić information content (AvgIpc) is 2.25. The molecule has 0 saturated heterocycles. The van der Waals surface area contributed by atoms with Gasteiger partial charge in [-0.05, 0) is 24.6 Å². The Bertz CT molecular complexity index is 607. The van der Waals surface area contributed by atoms with Crippen LogP contribution in [0, 0.1) is 6.92 Å². The molecule has 0 unspecified atom stereocenters. The van der Waals surface area contributed by atoms with Gasteiger partial charge in [-0.1, -0.05) is 22.0 Å². The highest BCUT2D eigenvalue weighted by Crippen LogP contribution is 2.18. The minimum Gasteiger partial charge on any atom is -0.398 e. The average molecular weight is 294 g/mol. The fourth-order valence-corrected chi connectivity index (χ4v) is 1.91. The summed E-state index contributed by atoms with van der Waals surface area (Å²) in [5.74, 6) is 0. The summed E-state index contributed by atoms with van der Waals surface area (Å²) in [5.41, 5.74) is 8.09. The lowest BCUT2D eigenvalue weighted by Crippen LogP contribution is -2.21. The molecule has 0 bridgehead atoms. The fourth-order valence-electron chi connectivity index (χ4n) is 1.53. The van der Waals surface area contributed by atoms with Gasteiger partial charge in [0.05, 0.1) is 12.9 Å². The molecule has 2 rings (SSSR count). The van der Waals surface area contributed by atoms with Gasteiger partial charge < -0.3 is 5.73 Å². The Morgan fingerprint density at radius 1 is 1.41 bits per heavy atom. The Balaban J connectivity index is 2.35. The van der Waals surface area contributed by atoms with E-state index in [1.54, 1.807) is 13.3 Å². The molecule has 0 atom stereocenters. The van der Waals surface area contributed by atoms with E-state index in [0.29, 0.717) is 12.2 Å². The van der Waals surface area contributed by atoms with Crippen LogP contribution >= 0.6 is 15.9 Å². The first-order valence-corrected chi connectivity index (χ1v) is 5.92. The summed E-state index contributed by atoms with van der Waals surface area (Å²) in [6.45, 7) is 2.23. The number of rotatable bonds is 2. The van der Waals surface area contributed by atoms with Crippen molar-refractivity contribution < 1.29 is 0 Å². The molecule has 1 aromatic carbocycles. The molecule has 2 N–H and O–H groups in total. The van der Waals surface area contributed by atoms with E-state index in [0.717, 1.165) is 15.7 Å². The van der Waals surface area contributed by atoms with E-state index >= 15 is 0 Å². The molecule has 0 amide bonds. The zero-order valence-corrected chi connectivity index (χ0v) is 10.9. The maximum Gasteiger partial charge on any atom is 0.253 e. The van der Waals surface area contributed by atoms with Gasteiger partial charge in [0, 0.05) is 21.9 Å². The Labute approximate surface area is 107 Å². The predicted molar refractivity (Wildman–Crippen MR) is 70.9 cm³/mol. The molecule has 1 aromatic heterocycles. The third kappa shape index (κ3) is 2.74. The van der Waals surface area contributed by atoms with Gasteiger partial charge in [-0.3, -0.25) is 9.36 Å². The molecule has 88 valence electrons. The summed E-state index contributed by atoms with van der Waals surface area (Å²) < 4.78 is 2.46. The summed E-state index contributed by atoms with van der Waals surface area (Å²) in [5, 5.41) is 0. The van der Waals surface area contributed by atoms with Gasteiger partial charge in [0.1, 0.15) is 0 Å². The summed E-state index contributed by atoms with van der Waals surface area (Å²) >= 11 is 3.34. The number of nitrogens with two attached hydrogens (primary N) is 1. The molecule has 0 spiro atoms. The zero-order chi connectivity index (χ0) is 12.4. The summed E-state index contributed by atoms with van der Waals surface area (Å²) in [6, 6.07) is 7.13. The second kappa shape index (κ2) is 4.71. The van der Waals surface area contributed by atoms with E-state index < -0.39 is 0 Å². The second-order valence-electron chi connectivity index (χ2n) is 3.84. The maximum atomic E-state index is 11.7. The number of benzene rings is 1. The number of nitrogen functional groups attached to an aromatic ring is 1. The van der Waals surface area contributed by atoms with Crippen LogP contribution in [0.15, 0.2) is 39.9 Å². The zero-order valence-electron chi connectivity index (χ0n) is 9.35. The molecule has 5 heteroatoms. The minimum atomic E-state index is -0.0696. The fraction of sp³-hybridized carbons (Fsp3) is 0.167. The molecular weight excluding hydrogens is 282 g/mol. The predicted octanol–water partition coefficient (Wildman–Crippen LogP) is 1.94. The molecule has 0 saturated carbocycles. The van der Waals surface area contributed by atoms with E-state index in [2.05, 4.69) is 20.9 Å². The summed E-state index contributed by atoms with van der Waals surface area (Å²) in [6.07, 6.45) is 1.54. The van der Waals surface area contributed by atoms with Crippen LogP contribution in [0.2, 0.25) is 0 Å². The molecule has 2 aromatic rings. The van der Waals surface area contributed by atoms with Crippen LogP contribution in [-0.2, 0) is 6.54 Å². The van der Waals surface area contributed by atoms with Crippen LogP contribution in [0.3, 0.4) is 0 Å². The lowest BCUT2D eigenvalue weighted by atomic mass is 10.2. The van der Waals surface area contributed by atoms with Gasteiger partial charge in [0.25, 0.3) is 5.56 Å². The van der Waals surface area contributed by atoms with Crippen molar-refractivity contribution >= 4 is 21.6 Å². The van der Waals surface area contributed by atoms with Crippen molar-refractivity contribution in [2.24, 2.45) is 0 Å². The molecule has 0 radical (unpaired) electrons. The van der Waals surface area contributed by atoms with Gasteiger partial charge in [-0.15, -0.1) is 0 Å². The van der Waals surface area contributed by atoms with E-state index in [4.69, 9.17) is 5.73 Å². The van der Waals surface area contributed by atoms with Crippen molar-refractivity contribution in [2.75, 3.05) is 5.73 Å². The van der Waals surface area contributed by atoms with Crippen molar-refractivity contribution in [1.82, 2.24) is 9.55 Å². The SMILES string of the molecule is Cc1cc(=O)n(Cc2ccc(Br)cc2N)cn1. The third-order valence-electron chi connectivity index (χ3n) is 2.46. The molecule has 0 fully saturated rings. The Morgan fingerprint density at radius 3 is 2.82 bits per heavy atom. The Morgan fingerprint density at radius 2 is 2.18 bits per heavy atom. The van der Waals surface area contributed by atoms with Gasteiger partial charge >= 0.3 is 0 Å². The first kappa shape index (κ1) is 11.9. The molecule has 0 aliphatic heterocycles. The third-order valence-corrected chi connectivity index (χ3v) is 2.96. The smallest absolute Gasteiger partial charge is 0.253 e. The number of halogens is 1. The highest BCUT2D eigenvalue weighted by Gasteiger charge is 2.03. The van der Waals surface area contributed by atoms with Crippen molar-refractivity contribution in [2.45, 2.75) is 13.5 Å². The Hall–Kier alpha value is -1.62. The van der Waals surface area contributed by atoms with Crippen molar-refractivity contribution in [1.29, 1.82) is 0 Å². The summed E-state index contributed by atoms with van der Waals surface area (Å²) in [4.78, 5) is 15.8. The quantitative estimate of drug-likeness (QED) is 0.861. The van der Waals surface area contributed by atoms with Gasteiger partial charge in [-0.25, -0.2) is 4.98 Å². The highest BCUT2D eigenvalue weighted by atomic mass is 79.9. The molecule has 4 nitrogen and oxygen atoms in total. The van der Waals surface area contributed by atoms with E-state index in [1.807, 2.05) is 18.2 Å². The second-order valence-corrected chi connectivity index (χ2v) is 4.76. The largest absolute Gasteiger partial charge is 0.398 e. The van der Waals surface area contributed by atoms with E-state index in [9.17, 15) is 4.79 Å². The maximum absolute atomic E-state index is 11.7. The van der Waals surface area contributed by atoms with Crippen LogP contribution in [0.25, 0.3) is 0 Å². The van der Waals surface area contributed by atoms with Gasteiger partial charge in [-0.2, -0.15) is 0 Å². The summed E-state index contributed by atoms with van der Waals surface area (Å²) in [7, 11) is 0. The number of nitrogens with zero attached hydrogens (tertiary/aromatic N) is 2. The van der Waals surface area contributed by atoms with E-state index in [-0.39, 0.29) is 5.56 Å². The Kier molecular flexibility index (Phi) is 3.28. The van der Waals surface area contributed by atoms with Crippen LogP contribution < -0.4 is 11.3 Å². The van der Waals surface area contributed by atoms with Gasteiger partial charge in [0.2, 0.25) is 0 Å². The topological polar surface area (TPSA) is 60.9 Å². The van der Waals surface area contributed by atoms with Crippen LogP contribution in [0.1, 0.15) is 11.3 Å². The van der Waals surface area contributed by atoms with Gasteiger partial charge in [0.15, 0.2) is 0 Å². The number of aromatic nitrogens is 2. The standard InChI is InChI=1S/C12H12BrN3O/c1-8-4-12(17)16(7-15-8)6-9-2-3-10(13)5-11(9)14/h2-5,7H,6,14H2,1H3. The monoisotopic (exact) mass is 293 g/mol. The lowest BCUT2D eigenvalue weighted by molar-refractivity contribution is 0.731.